The summed E-state index contributed by atoms with van der Waals surface area (Å²) in [4.78, 5) is 23.7. The van der Waals surface area contributed by atoms with Gasteiger partial charge in [-0.05, 0) is 38.2 Å². The third kappa shape index (κ3) is 5.06. The van der Waals surface area contributed by atoms with Gasteiger partial charge in [0.2, 0.25) is 11.8 Å². The molecule has 0 aromatic heterocycles. The zero-order chi connectivity index (χ0) is 16.7. The van der Waals surface area contributed by atoms with E-state index < -0.39 is 5.41 Å². The van der Waals surface area contributed by atoms with E-state index in [4.69, 9.17) is 10.5 Å². The molecule has 1 saturated heterocycles. The van der Waals surface area contributed by atoms with Crippen molar-refractivity contribution in [2.75, 3.05) is 19.8 Å². The fourth-order valence-electron chi connectivity index (χ4n) is 2.84. The average molecular weight is 318 g/mol. The first-order chi connectivity index (χ1) is 11.0. The van der Waals surface area contributed by atoms with E-state index in [0.717, 1.165) is 12.8 Å². The molecule has 0 aliphatic carbocycles. The van der Waals surface area contributed by atoms with Crippen LogP contribution >= 0.6 is 0 Å². The minimum absolute atomic E-state index is 0.0239. The predicted molar refractivity (Wildman–Crippen MR) is 88.8 cm³/mol. The molecule has 1 aliphatic heterocycles. The number of carbonyl (C=O) groups is 2. The monoisotopic (exact) mass is 318 g/mol. The van der Waals surface area contributed by atoms with Gasteiger partial charge in [0.25, 0.3) is 0 Å². The number of nitrogens with one attached hydrogen (secondary N) is 1. The SMILES string of the molecule is Cc1ccc(CCCC(=O)NCC2(C(N)=O)CCOCC2)cc1. The number of nitrogens with two attached hydrogens (primary N) is 1. The van der Waals surface area contributed by atoms with E-state index in [1.807, 2.05) is 0 Å². The molecule has 0 bridgehead atoms. The maximum Gasteiger partial charge on any atom is 0.225 e. The summed E-state index contributed by atoms with van der Waals surface area (Å²) in [6.45, 7) is 3.41. The fourth-order valence-corrected chi connectivity index (χ4v) is 2.84. The molecule has 1 fully saturated rings. The van der Waals surface area contributed by atoms with Crippen molar-refractivity contribution < 1.29 is 14.3 Å². The Bertz CT molecular complexity index is 534. The van der Waals surface area contributed by atoms with Gasteiger partial charge in [-0.2, -0.15) is 0 Å². The largest absolute Gasteiger partial charge is 0.381 e. The molecule has 5 heteroatoms. The van der Waals surface area contributed by atoms with Gasteiger partial charge in [-0.25, -0.2) is 0 Å². The number of carbonyl (C=O) groups excluding carboxylic acids is 2. The number of primary amides is 1. The van der Waals surface area contributed by atoms with Gasteiger partial charge in [0.15, 0.2) is 0 Å². The van der Waals surface area contributed by atoms with Crippen molar-refractivity contribution in [3.05, 3.63) is 35.4 Å². The molecule has 1 aliphatic rings. The Morgan fingerprint density at radius 3 is 2.48 bits per heavy atom. The summed E-state index contributed by atoms with van der Waals surface area (Å²) in [5.74, 6) is -0.370. The first-order valence-electron chi connectivity index (χ1n) is 8.22. The summed E-state index contributed by atoms with van der Waals surface area (Å²) in [5, 5.41) is 2.87. The first kappa shape index (κ1) is 17.5. The Morgan fingerprint density at radius 1 is 1.22 bits per heavy atom. The minimum atomic E-state index is -0.648. The van der Waals surface area contributed by atoms with Crippen LogP contribution in [-0.4, -0.2) is 31.6 Å². The van der Waals surface area contributed by atoms with Crippen LogP contribution in [0.1, 0.15) is 36.8 Å². The van der Waals surface area contributed by atoms with Crippen LogP contribution in [0.2, 0.25) is 0 Å². The number of amides is 2. The minimum Gasteiger partial charge on any atom is -0.381 e. The zero-order valence-electron chi connectivity index (χ0n) is 13.8. The molecule has 1 aromatic rings. The molecule has 3 N–H and O–H groups in total. The van der Waals surface area contributed by atoms with Gasteiger partial charge < -0.3 is 15.8 Å². The molecule has 0 unspecified atom stereocenters. The molecule has 1 heterocycles. The van der Waals surface area contributed by atoms with Crippen LogP contribution in [0, 0.1) is 12.3 Å². The summed E-state index contributed by atoms with van der Waals surface area (Å²) < 4.78 is 5.28. The third-order valence-electron chi connectivity index (χ3n) is 4.59. The van der Waals surface area contributed by atoms with E-state index in [9.17, 15) is 9.59 Å². The Kier molecular flexibility index (Phi) is 6.16. The molecule has 0 saturated carbocycles. The number of hydrogen-bond acceptors (Lipinski definition) is 3. The smallest absolute Gasteiger partial charge is 0.225 e. The van der Waals surface area contributed by atoms with Crippen molar-refractivity contribution in [2.45, 2.75) is 39.0 Å². The van der Waals surface area contributed by atoms with Crippen LogP contribution in [0.4, 0.5) is 0 Å². The molecule has 0 radical (unpaired) electrons. The summed E-state index contributed by atoms with van der Waals surface area (Å²) in [5.41, 5.74) is 7.36. The number of ether oxygens (including phenoxy) is 1. The lowest BCUT2D eigenvalue weighted by Gasteiger charge is -2.34. The number of hydrogen-bond donors (Lipinski definition) is 2. The quantitative estimate of drug-likeness (QED) is 0.803. The summed E-state index contributed by atoms with van der Waals surface area (Å²) in [6, 6.07) is 8.35. The van der Waals surface area contributed by atoms with Crippen LogP contribution in [0.5, 0.6) is 0 Å². The van der Waals surface area contributed by atoms with Crippen molar-refractivity contribution in [1.82, 2.24) is 5.32 Å². The highest BCUT2D eigenvalue weighted by molar-refractivity contribution is 5.82. The van der Waals surface area contributed by atoms with Gasteiger partial charge in [-0.15, -0.1) is 0 Å². The molecule has 5 nitrogen and oxygen atoms in total. The molecular weight excluding hydrogens is 292 g/mol. The van der Waals surface area contributed by atoms with Gasteiger partial charge in [0, 0.05) is 26.2 Å². The highest BCUT2D eigenvalue weighted by Gasteiger charge is 2.38. The Morgan fingerprint density at radius 2 is 1.87 bits per heavy atom. The Hall–Kier alpha value is -1.88. The van der Waals surface area contributed by atoms with Crippen LogP contribution in [-0.2, 0) is 20.7 Å². The van der Waals surface area contributed by atoms with E-state index in [2.05, 4.69) is 36.5 Å². The highest BCUT2D eigenvalue weighted by Crippen LogP contribution is 2.29. The highest BCUT2D eigenvalue weighted by atomic mass is 16.5. The fraction of sp³-hybridized carbons (Fsp3) is 0.556. The molecule has 0 atom stereocenters. The van der Waals surface area contributed by atoms with Gasteiger partial charge in [0.1, 0.15) is 0 Å². The third-order valence-corrected chi connectivity index (χ3v) is 4.59. The zero-order valence-corrected chi connectivity index (χ0v) is 13.8. The normalized spacial score (nSPS) is 16.7. The Balaban J connectivity index is 1.73. The standard InChI is InChI=1S/C18H26N2O3/c1-14-5-7-15(8-6-14)3-2-4-16(21)20-13-18(17(19)22)9-11-23-12-10-18/h5-8H,2-4,9-13H2,1H3,(H2,19,22)(H,20,21). The second kappa shape index (κ2) is 8.11. The number of rotatable bonds is 7. The second-order valence-electron chi connectivity index (χ2n) is 6.37. The van der Waals surface area contributed by atoms with E-state index in [-0.39, 0.29) is 11.8 Å². The molecule has 0 spiro atoms. The Labute approximate surface area is 137 Å². The van der Waals surface area contributed by atoms with Crippen LogP contribution in [0.3, 0.4) is 0 Å². The number of aryl methyl sites for hydroxylation is 2. The molecule has 2 amide bonds. The lowest BCUT2D eigenvalue weighted by Crippen LogP contribution is -2.49. The van der Waals surface area contributed by atoms with Crippen molar-refractivity contribution in [1.29, 1.82) is 0 Å². The predicted octanol–water partition coefficient (Wildman–Crippen LogP) is 1.72. The second-order valence-corrected chi connectivity index (χ2v) is 6.37. The molecule has 2 rings (SSSR count). The van der Waals surface area contributed by atoms with Gasteiger partial charge in [-0.3, -0.25) is 9.59 Å². The topological polar surface area (TPSA) is 81.4 Å². The van der Waals surface area contributed by atoms with Crippen molar-refractivity contribution in [3.63, 3.8) is 0 Å². The summed E-state index contributed by atoms with van der Waals surface area (Å²) in [6.07, 6.45) is 3.28. The average Bonchev–Trinajstić information content (AvgIpc) is 2.55. The van der Waals surface area contributed by atoms with Crippen molar-refractivity contribution >= 4 is 11.8 Å². The van der Waals surface area contributed by atoms with E-state index in [0.29, 0.717) is 39.0 Å². The first-order valence-corrected chi connectivity index (χ1v) is 8.22. The maximum absolute atomic E-state index is 12.0. The van der Waals surface area contributed by atoms with Gasteiger partial charge in [-0.1, -0.05) is 29.8 Å². The van der Waals surface area contributed by atoms with Crippen molar-refractivity contribution in [2.24, 2.45) is 11.1 Å². The van der Waals surface area contributed by atoms with Crippen LogP contribution in [0.15, 0.2) is 24.3 Å². The van der Waals surface area contributed by atoms with E-state index in [1.165, 1.54) is 11.1 Å². The lowest BCUT2D eigenvalue weighted by molar-refractivity contribution is -0.134. The summed E-state index contributed by atoms with van der Waals surface area (Å²) >= 11 is 0. The van der Waals surface area contributed by atoms with Gasteiger partial charge in [0.05, 0.1) is 5.41 Å². The maximum atomic E-state index is 12.0. The molecule has 23 heavy (non-hydrogen) atoms. The molecule has 126 valence electrons. The van der Waals surface area contributed by atoms with Crippen LogP contribution in [0.25, 0.3) is 0 Å². The summed E-state index contributed by atoms with van der Waals surface area (Å²) in [7, 11) is 0. The lowest BCUT2D eigenvalue weighted by atomic mass is 9.79. The van der Waals surface area contributed by atoms with Crippen LogP contribution < -0.4 is 11.1 Å². The van der Waals surface area contributed by atoms with Gasteiger partial charge >= 0.3 is 0 Å². The van der Waals surface area contributed by atoms with E-state index in [1.54, 1.807) is 0 Å². The molecular formula is C18H26N2O3. The number of benzene rings is 1. The van der Waals surface area contributed by atoms with Crippen molar-refractivity contribution in [3.8, 4) is 0 Å². The van der Waals surface area contributed by atoms with E-state index >= 15 is 0 Å². The molecule has 1 aromatic carbocycles.